The number of hydrogen-bond acceptors (Lipinski definition) is 2. The van der Waals surface area contributed by atoms with Crippen LogP contribution in [0.5, 0.6) is 0 Å². The molecule has 2 N–H and O–H groups in total. The Bertz CT molecular complexity index is 780. The van der Waals surface area contributed by atoms with Gasteiger partial charge in [0.2, 0.25) is 5.95 Å². The number of hydrogen-bond donors (Lipinski definition) is 1. The highest BCUT2D eigenvalue weighted by Crippen LogP contribution is 2.28. The van der Waals surface area contributed by atoms with Gasteiger partial charge in [0.1, 0.15) is 5.82 Å². The van der Waals surface area contributed by atoms with Crippen LogP contribution < -0.4 is 5.73 Å². The van der Waals surface area contributed by atoms with Gasteiger partial charge < -0.3 is 5.73 Å². The van der Waals surface area contributed by atoms with Crippen molar-refractivity contribution in [3.63, 3.8) is 0 Å². The van der Waals surface area contributed by atoms with E-state index in [0.29, 0.717) is 16.7 Å². The van der Waals surface area contributed by atoms with Crippen LogP contribution >= 0.6 is 11.6 Å². The molecular weight excluding hydrogens is 265 g/mol. The van der Waals surface area contributed by atoms with Crippen molar-refractivity contribution in [3.05, 3.63) is 52.8 Å². The summed E-state index contributed by atoms with van der Waals surface area (Å²) in [6.45, 7) is 1.99. The molecule has 0 spiro atoms. The molecule has 0 amide bonds. The maximum absolute atomic E-state index is 13.1. The van der Waals surface area contributed by atoms with Gasteiger partial charge >= 0.3 is 0 Å². The SMILES string of the molecule is Cc1ccc2nc(N)n(-c3ccc(F)cc3Cl)c2c1. The normalized spacial score (nSPS) is 11.1. The Labute approximate surface area is 114 Å². The summed E-state index contributed by atoms with van der Waals surface area (Å²) >= 11 is 6.09. The monoisotopic (exact) mass is 275 g/mol. The fourth-order valence-electron chi connectivity index (χ4n) is 2.12. The van der Waals surface area contributed by atoms with Crippen LogP contribution in [0.3, 0.4) is 0 Å². The topological polar surface area (TPSA) is 43.8 Å². The lowest BCUT2D eigenvalue weighted by Gasteiger charge is -2.09. The second kappa shape index (κ2) is 4.24. The summed E-state index contributed by atoms with van der Waals surface area (Å²) in [5, 5.41) is 0.299. The minimum absolute atomic E-state index is 0.299. The molecule has 0 radical (unpaired) electrons. The highest BCUT2D eigenvalue weighted by molar-refractivity contribution is 6.32. The molecule has 0 bridgehead atoms. The number of nitrogens with two attached hydrogens (primary N) is 1. The van der Waals surface area contributed by atoms with E-state index in [4.69, 9.17) is 17.3 Å². The van der Waals surface area contributed by atoms with E-state index in [0.717, 1.165) is 16.6 Å². The van der Waals surface area contributed by atoms with E-state index in [2.05, 4.69) is 4.98 Å². The first kappa shape index (κ1) is 12.0. The molecule has 0 fully saturated rings. The van der Waals surface area contributed by atoms with Gasteiger partial charge in [-0.05, 0) is 42.8 Å². The minimum Gasteiger partial charge on any atom is -0.369 e. The Morgan fingerprint density at radius 3 is 2.74 bits per heavy atom. The van der Waals surface area contributed by atoms with Gasteiger partial charge in [-0.25, -0.2) is 9.37 Å². The molecule has 3 aromatic rings. The maximum atomic E-state index is 13.1. The molecule has 3 rings (SSSR count). The number of fused-ring (bicyclic) bond motifs is 1. The first-order valence-corrected chi connectivity index (χ1v) is 6.14. The number of imidazole rings is 1. The van der Waals surface area contributed by atoms with Gasteiger partial charge in [-0.3, -0.25) is 4.57 Å². The third-order valence-corrected chi connectivity index (χ3v) is 3.29. The number of nitrogen functional groups attached to an aromatic ring is 1. The second-order valence-electron chi connectivity index (χ2n) is 4.39. The fraction of sp³-hybridized carbons (Fsp3) is 0.0714. The first-order valence-electron chi connectivity index (χ1n) is 5.76. The molecular formula is C14H11ClFN3. The Balaban J connectivity index is 2.35. The van der Waals surface area contributed by atoms with Gasteiger partial charge in [0.15, 0.2) is 0 Å². The van der Waals surface area contributed by atoms with E-state index in [-0.39, 0.29) is 5.82 Å². The van der Waals surface area contributed by atoms with Crippen molar-refractivity contribution in [2.45, 2.75) is 6.92 Å². The van der Waals surface area contributed by atoms with Crippen molar-refractivity contribution in [3.8, 4) is 5.69 Å². The molecule has 96 valence electrons. The Morgan fingerprint density at radius 2 is 2.00 bits per heavy atom. The summed E-state index contributed by atoms with van der Waals surface area (Å²) in [5.74, 6) is -0.0537. The van der Waals surface area contributed by atoms with E-state index in [1.54, 1.807) is 10.6 Å². The van der Waals surface area contributed by atoms with Crippen LogP contribution in [0, 0.1) is 12.7 Å². The van der Waals surface area contributed by atoms with Crippen molar-refractivity contribution >= 4 is 28.6 Å². The van der Waals surface area contributed by atoms with Gasteiger partial charge in [0.25, 0.3) is 0 Å². The third-order valence-electron chi connectivity index (χ3n) is 2.99. The van der Waals surface area contributed by atoms with Crippen LogP contribution in [-0.4, -0.2) is 9.55 Å². The largest absolute Gasteiger partial charge is 0.369 e. The molecule has 0 saturated carbocycles. The van der Waals surface area contributed by atoms with Crippen LogP contribution in [0.15, 0.2) is 36.4 Å². The van der Waals surface area contributed by atoms with Crippen molar-refractivity contribution in [2.24, 2.45) is 0 Å². The molecule has 1 heterocycles. The van der Waals surface area contributed by atoms with E-state index in [9.17, 15) is 4.39 Å². The molecule has 0 aliphatic rings. The van der Waals surface area contributed by atoms with Gasteiger partial charge in [-0.1, -0.05) is 17.7 Å². The Hall–Kier alpha value is -2.07. The highest BCUT2D eigenvalue weighted by atomic mass is 35.5. The minimum atomic E-state index is -0.382. The fourth-order valence-corrected chi connectivity index (χ4v) is 2.37. The molecule has 3 nitrogen and oxygen atoms in total. The maximum Gasteiger partial charge on any atom is 0.205 e. The summed E-state index contributed by atoms with van der Waals surface area (Å²) in [6.07, 6.45) is 0. The molecule has 0 unspecified atom stereocenters. The van der Waals surface area contributed by atoms with Crippen LogP contribution in [0.1, 0.15) is 5.56 Å². The number of aryl methyl sites for hydroxylation is 1. The summed E-state index contributed by atoms with van der Waals surface area (Å²) < 4.78 is 14.9. The van der Waals surface area contributed by atoms with Crippen molar-refractivity contribution in [1.29, 1.82) is 0 Å². The average molecular weight is 276 g/mol. The lowest BCUT2D eigenvalue weighted by Crippen LogP contribution is -2.01. The van der Waals surface area contributed by atoms with Gasteiger partial charge in [-0.15, -0.1) is 0 Å². The van der Waals surface area contributed by atoms with E-state index < -0.39 is 0 Å². The summed E-state index contributed by atoms with van der Waals surface area (Å²) in [7, 11) is 0. The zero-order chi connectivity index (χ0) is 13.6. The zero-order valence-corrected chi connectivity index (χ0v) is 10.9. The van der Waals surface area contributed by atoms with Gasteiger partial charge in [0.05, 0.1) is 21.7 Å². The van der Waals surface area contributed by atoms with Crippen molar-refractivity contribution < 1.29 is 4.39 Å². The van der Waals surface area contributed by atoms with Crippen molar-refractivity contribution in [2.75, 3.05) is 5.73 Å². The lowest BCUT2D eigenvalue weighted by molar-refractivity contribution is 0.627. The quantitative estimate of drug-likeness (QED) is 0.736. The molecule has 2 aromatic carbocycles. The molecule has 0 aliphatic carbocycles. The van der Waals surface area contributed by atoms with E-state index in [1.165, 1.54) is 12.1 Å². The Morgan fingerprint density at radius 1 is 1.21 bits per heavy atom. The average Bonchev–Trinajstić information content (AvgIpc) is 2.65. The summed E-state index contributed by atoms with van der Waals surface area (Å²) in [5.41, 5.74) is 9.28. The number of halogens is 2. The predicted molar refractivity (Wildman–Crippen MR) is 75.2 cm³/mol. The molecule has 19 heavy (non-hydrogen) atoms. The van der Waals surface area contributed by atoms with Crippen LogP contribution in [0.4, 0.5) is 10.3 Å². The zero-order valence-electron chi connectivity index (χ0n) is 10.2. The number of aromatic nitrogens is 2. The molecule has 0 saturated heterocycles. The Kier molecular flexibility index (Phi) is 2.68. The second-order valence-corrected chi connectivity index (χ2v) is 4.80. The van der Waals surface area contributed by atoms with Gasteiger partial charge in [-0.2, -0.15) is 0 Å². The highest BCUT2D eigenvalue weighted by Gasteiger charge is 2.13. The van der Waals surface area contributed by atoms with Crippen LogP contribution in [0.2, 0.25) is 5.02 Å². The smallest absolute Gasteiger partial charge is 0.205 e. The summed E-state index contributed by atoms with van der Waals surface area (Å²) in [4.78, 5) is 4.28. The van der Waals surface area contributed by atoms with E-state index in [1.807, 2.05) is 25.1 Å². The molecule has 5 heteroatoms. The summed E-state index contributed by atoms with van der Waals surface area (Å²) in [6, 6.07) is 10.0. The van der Waals surface area contributed by atoms with Crippen molar-refractivity contribution in [1.82, 2.24) is 9.55 Å². The van der Waals surface area contributed by atoms with E-state index >= 15 is 0 Å². The standard InChI is InChI=1S/C14H11ClFN3/c1-8-2-4-11-13(6-8)19(14(17)18-11)12-5-3-9(16)7-10(12)15/h2-7H,1H3,(H2,17,18). The number of rotatable bonds is 1. The molecule has 0 atom stereocenters. The number of benzene rings is 2. The van der Waals surface area contributed by atoms with Gasteiger partial charge in [0, 0.05) is 0 Å². The third kappa shape index (κ3) is 1.94. The molecule has 0 aliphatic heterocycles. The lowest BCUT2D eigenvalue weighted by atomic mass is 10.2. The number of anilines is 1. The van der Waals surface area contributed by atoms with Crippen LogP contribution in [0.25, 0.3) is 16.7 Å². The first-order chi connectivity index (χ1) is 9.06. The molecule has 1 aromatic heterocycles. The van der Waals surface area contributed by atoms with Crippen LogP contribution in [-0.2, 0) is 0 Å². The predicted octanol–water partition coefficient (Wildman–Crippen LogP) is 3.71. The number of nitrogens with zero attached hydrogens (tertiary/aromatic N) is 2.